The molecule has 0 saturated carbocycles. The smallest absolute Gasteiger partial charge is 0.0129 e. The highest BCUT2D eigenvalue weighted by Gasteiger charge is 2.24. The summed E-state index contributed by atoms with van der Waals surface area (Å²) in [5.74, 6) is 0.528. The molecule has 0 amide bonds. The summed E-state index contributed by atoms with van der Waals surface area (Å²) in [4.78, 5) is 0. The Morgan fingerprint density at radius 3 is 1.91 bits per heavy atom. The van der Waals surface area contributed by atoms with Gasteiger partial charge in [-0.25, -0.2) is 0 Å². The Bertz CT molecular complexity index is 636. The lowest BCUT2D eigenvalue weighted by molar-refractivity contribution is 0.556. The predicted octanol–water partition coefficient (Wildman–Crippen LogP) is 6.63. The lowest BCUT2D eigenvalue weighted by Crippen LogP contribution is -2.19. The van der Waals surface area contributed by atoms with E-state index in [1.54, 1.807) is 0 Å². The first-order valence-corrected chi connectivity index (χ1v) is 8.78. The molecule has 2 aromatic rings. The number of hydrogen-bond acceptors (Lipinski definition) is 0. The van der Waals surface area contributed by atoms with Gasteiger partial charge >= 0.3 is 0 Å². The molecule has 0 spiro atoms. The van der Waals surface area contributed by atoms with Gasteiger partial charge in [0.1, 0.15) is 0 Å². The molecule has 2 aromatic carbocycles. The van der Waals surface area contributed by atoms with E-state index in [1.807, 2.05) is 0 Å². The maximum Gasteiger partial charge on any atom is -0.0129 e. The van der Waals surface area contributed by atoms with Crippen LogP contribution in [0.4, 0.5) is 0 Å². The van der Waals surface area contributed by atoms with Crippen molar-refractivity contribution in [2.24, 2.45) is 0 Å². The van der Waals surface area contributed by atoms with Crippen molar-refractivity contribution in [3.05, 3.63) is 70.8 Å². The van der Waals surface area contributed by atoms with Gasteiger partial charge in [-0.15, -0.1) is 0 Å². The molecule has 0 heterocycles. The molecule has 2 rings (SSSR count). The van der Waals surface area contributed by atoms with E-state index in [9.17, 15) is 0 Å². The fourth-order valence-corrected chi connectivity index (χ4v) is 3.18. The Morgan fingerprint density at radius 1 is 0.783 bits per heavy atom. The minimum absolute atomic E-state index is 0.168. The largest absolute Gasteiger partial charge is 0.0622 e. The second-order valence-electron chi connectivity index (χ2n) is 8.89. The molecule has 0 heteroatoms. The van der Waals surface area contributed by atoms with Crippen molar-refractivity contribution in [2.45, 2.75) is 71.6 Å². The summed E-state index contributed by atoms with van der Waals surface area (Å²) in [5, 5.41) is 0. The molecule has 0 aliphatic rings. The molecule has 0 radical (unpaired) electrons. The second kappa shape index (κ2) is 6.51. The van der Waals surface area contributed by atoms with Crippen molar-refractivity contribution >= 4 is 0 Å². The summed E-state index contributed by atoms with van der Waals surface area (Å²) in [6.45, 7) is 16.2. The van der Waals surface area contributed by atoms with Crippen molar-refractivity contribution in [2.75, 3.05) is 0 Å². The molecule has 124 valence electrons. The van der Waals surface area contributed by atoms with E-state index < -0.39 is 0 Å². The minimum atomic E-state index is 0.168. The van der Waals surface area contributed by atoms with Crippen molar-refractivity contribution < 1.29 is 0 Å². The van der Waals surface area contributed by atoms with Gasteiger partial charge in [-0.05, 0) is 45.4 Å². The zero-order valence-electron chi connectivity index (χ0n) is 15.9. The zero-order chi connectivity index (χ0) is 17.3. The van der Waals surface area contributed by atoms with Crippen LogP contribution in [0.2, 0.25) is 0 Å². The van der Waals surface area contributed by atoms with Crippen LogP contribution in [0.25, 0.3) is 0 Å². The van der Waals surface area contributed by atoms with Crippen molar-refractivity contribution in [1.29, 1.82) is 0 Å². The Balaban J connectivity index is 2.41. The maximum absolute atomic E-state index is 2.44. The Morgan fingerprint density at radius 2 is 1.39 bits per heavy atom. The molecule has 0 aliphatic heterocycles. The lowest BCUT2D eigenvalue weighted by atomic mass is 9.75. The topological polar surface area (TPSA) is 0 Å². The van der Waals surface area contributed by atoms with Crippen LogP contribution in [0.1, 0.15) is 76.6 Å². The fourth-order valence-electron chi connectivity index (χ4n) is 3.18. The lowest BCUT2D eigenvalue weighted by Gasteiger charge is -2.29. The highest BCUT2D eigenvalue weighted by atomic mass is 14.3. The van der Waals surface area contributed by atoms with E-state index in [0.29, 0.717) is 5.92 Å². The Labute approximate surface area is 143 Å². The molecular weight excluding hydrogens is 276 g/mol. The molecule has 0 aromatic heterocycles. The van der Waals surface area contributed by atoms with Crippen molar-refractivity contribution in [1.82, 2.24) is 0 Å². The molecule has 0 N–H and O–H groups in total. The van der Waals surface area contributed by atoms with Crippen molar-refractivity contribution in [3.8, 4) is 0 Å². The Hall–Kier alpha value is -1.56. The van der Waals surface area contributed by atoms with Crippen LogP contribution in [-0.4, -0.2) is 0 Å². The number of rotatable bonds is 3. The SMILES string of the molecule is CC(Cc1ccccc1)c1ccc(C(C)(C)C)cc1C(C)(C)C. The first-order chi connectivity index (χ1) is 10.6. The molecule has 0 aliphatic carbocycles. The van der Waals surface area contributed by atoms with Crippen LogP contribution in [0, 0.1) is 0 Å². The average molecular weight is 309 g/mol. The van der Waals surface area contributed by atoms with Gasteiger partial charge in [0.05, 0.1) is 0 Å². The average Bonchev–Trinajstić information content (AvgIpc) is 2.46. The van der Waals surface area contributed by atoms with Crippen LogP contribution in [0.3, 0.4) is 0 Å². The number of benzene rings is 2. The van der Waals surface area contributed by atoms with Gasteiger partial charge in [-0.3, -0.25) is 0 Å². The Kier molecular flexibility index (Phi) is 5.04. The van der Waals surface area contributed by atoms with E-state index in [4.69, 9.17) is 0 Å². The van der Waals surface area contributed by atoms with E-state index in [0.717, 1.165) is 6.42 Å². The summed E-state index contributed by atoms with van der Waals surface area (Å²) in [7, 11) is 0. The third kappa shape index (κ3) is 4.47. The van der Waals surface area contributed by atoms with Gasteiger partial charge < -0.3 is 0 Å². The van der Waals surface area contributed by atoms with Crippen LogP contribution in [-0.2, 0) is 17.3 Å². The highest BCUT2D eigenvalue weighted by Crippen LogP contribution is 2.35. The highest BCUT2D eigenvalue weighted by molar-refractivity contribution is 5.41. The van der Waals surface area contributed by atoms with Gasteiger partial charge in [0.15, 0.2) is 0 Å². The molecule has 1 unspecified atom stereocenters. The van der Waals surface area contributed by atoms with Gasteiger partial charge in [0, 0.05) is 0 Å². The standard InChI is InChI=1S/C23H32/c1-17(15-18-11-9-8-10-12-18)20-14-13-19(22(2,3)4)16-21(20)23(5,6)7/h8-14,16-17H,15H2,1-7H3. The van der Waals surface area contributed by atoms with Crippen LogP contribution < -0.4 is 0 Å². The fraction of sp³-hybridized carbons (Fsp3) is 0.478. The predicted molar refractivity (Wildman–Crippen MR) is 102 cm³/mol. The summed E-state index contributed by atoms with van der Waals surface area (Å²) in [6.07, 6.45) is 1.10. The second-order valence-corrected chi connectivity index (χ2v) is 8.89. The summed E-state index contributed by atoms with van der Waals surface area (Å²) >= 11 is 0. The van der Waals surface area contributed by atoms with Gasteiger partial charge in [-0.2, -0.15) is 0 Å². The molecule has 0 bridgehead atoms. The van der Waals surface area contributed by atoms with Crippen LogP contribution in [0.5, 0.6) is 0 Å². The summed E-state index contributed by atoms with van der Waals surface area (Å²) in [5.41, 5.74) is 6.20. The third-order valence-electron chi connectivity index (χ3n) is 4.64. The van der Waals surface area contributed by atoms with Crippen LogP contribution in [0.15, 0.2) is 48.5 Å². The summed E-state index contributed by atoms with van der Waals surface area (Å²) < 4.78 is 0. The minimum Gasteiger partial charge on any atom is -0.0622 e. The third-order valence-corrected chi connectivity index (χ3v) is 4.64. The van der Waals surface area contributed by atoms with Gasteiger partial charge in [0.2, 0.25) is 0 Å². The normalized spacial score (nSPS) is 13.9. The maximum atomic E-state index is 2.44. The molecular formula is C23H32. The zero-order valence-corrected chi connectivity index (χ0v) is 15.9. The molecule has 0 nitrogen and oxygen atoms in total. The quantitative estimate of drug-likeness (QED) is 0.597. The van der Waals surface area contributed by atoms with Crippen LogP contribution >= 0.6 is 0 Å². The molecule has 23 heavy (non-hydrogen) atoms. The number of hydrogen-bond donors (Lipinski definition) is 0. The molecule has 0 fully saturated rings. The van der Waals surface area contributed by atoms with Gasteiger partial charge in [-0.1, -0.05) is 97.0 Å². The van der Waals surface area contributed by atoms with Crippen molar-refractivity contribution in [3.63, 3.8) is 0 Å². The van der Waals surface area contributed by atoms with Gasteiger partial charge in [0.25, 0.3) is 0 Å². The monoisotopic (exact) mass is 308 g/mol. The summed E-state index contributed by atoms with van der Waals surface area (Å²) in [6, 6.07) is 18.0. The van der Waals surface area contributed by atoms with E-state index in [1.165, 1.54) is 22.3 Å². The molecule has 1 atom stereocenters. The van der Waals surface area contributed by atoms with E-state index >= 15 is 0 Å². The van der Waals surface area contributed by atoms with E-state index in [-0.39, 0.29) is 10.8 Å². The first kappa shape index (κ1) is 17.8. The van der Waals surface area contributed by atoms with E-state index in [2.05, 4.69) is 97.0 Å². The molecule has 0 saturated heterocycles. The first-order valence-electron chi connectivity index (χ1n) is 8.78.